The van der Waals surface area contributed by atoms with Crippen molar-refractivity contribution in [3.63, 3.8) is 0 Å². The van der Waals surface area contributed by atoms with Crippen LogP contribution in [-0.4, -0.2) is 0 Å². The van der Waals surface area contributed by atoms with Gasteiger partial charge in [-0.15, -0.1) is 0 Å². The fraction of sp³-hybridized carbons (Fsp3) is 0.286. The van der Waals surface area contributed by atoms with E-state index in [1.807, 2.05) is 24.3 Å². The van der Waals surface area contributed by atoms with Gasteiger partial charge in [-0.05, 0) is 112 Å². The number of hydrogen-bond acceptors (Lipinski definition) is 1. The molecule has 0 unspecified atom stereocenters. The molecule has 4 fully saturated rings. The molecular formula is C35H29N. The number of fused-ring (bicyclic) bond motifs is 3. The van der Waals surface area contributed by atoms with E-state index in [1.54, 1.807) is 11.1 Å². The molecule has 1 spiro atoms. The van der Waals surface area contributed by atoms with Gasteiger partial charge in [0.05, 0.1) is 11.6 Å². The molecule has 0 amide bonds. The minimum absolute atomic E-state index is 0.209. The first-order valence-corrected chi connectivity index (χ1v) is 13.6. The lowest BCUT2D eigenvalue weighted by atomic mass is 9.43. The predicted molar refractivity (Wildman–Crippen MR) is 145 cm³/mol. The second-order valence-corrected chi connectivity index (χ2v) is 11.7. The zero-order valence-electron chi connectivity index (χ0n) is 20.5. The van der Waals surface area contributed by atoms with E-state index in [0.29, 0.717) is 0 Å². The number of hydrogen-bond donors (Lipinski definition) is 0. The molecule has 0 atom stereocenters. The van der Waals surface area contributed by atoms with E-state index in [9.17, 15) is 5.26 Å². The summed E-state index contributed by atoms with van der Waals surface area (Å²) in [4.78, 5) is 0. The van der Waals surface area contributed by atoms with Crippen molar-refractivity contribution >= 4 is 0 Å². The van der Waals surface area contributed by atoms with Crippen molar-refractivity contribution < 1.29 is 0 Å². The number of nitrogens with zero attached hydrogens (tertiary/aromatic N) is 1. The van der Waals surface area contributed by atoms with Gasteiger partial charge in [-0.1, -0.05) is 78.9 Å². The number of rotatable bonds is 2. The maximum atomic E-state index is 9.53. The molecule has 4 aromatic carbocycles. The van der Waals surface area contributed by atoms with Crippen molar-refractivity contribution in [1.29, 1.82) is 5.26 Å². The monoisotopic (exact) mass is 463 g/mol. The number of nitriles is 1. The molecule has 174 valence electrons. The van der Waals surface area contributed by atoms with Crippen molar-refractivity contribution in [2.45, 2.75) is 37.5 Å². The summed E-state index contributed by atoms with van der Waals surface area (Å²) >= 11 is 0. The second-order valence-electron chi connectivity index (χ2n) is 11.7. The molecule has 0 N–H and O–H groups in total. The van der Waals surface area contributed by atoms with Crippen molar-refractivity contribution in [3.8, 4) is 39.4 Å². The van der Waals surface area contributed by atoms with Gasteiger partial charge < -0.3 is 0 Å². The summed E-state index contributed by atoms with van der Waals surface area (Å²) in [6.07, 6.45) is 7.14. The Balaban J connectivity index is 1.25. The minimum Gasteiger partial charge on any atom is -0.192 e. The van der Waals surface area contributed by atoms with Crippen LogP contribution in [-0.2, 0) is 5.41 Å². The molecule has 5 aliphatic carbocycles. The van der Waals surface area contributed by atoms with E-state index in [4.69, 9.17) is 0 Å². The normalized spacial score (nSPS) is 28.6. The third-order valence-corrected chi connectivity index (χ3v) is 10.1. The van der Waals surface area contributed by atoms with Crippen LogP contribution >= 0.6 is 0 Å². The van der Waals surface area contributed by atoms with E-state index in [0.717, 1.165) is 40.4 Å². The van der Waals surface area contributed by atoms with E-state index < -0.39 is 0 Å². The smallest absolute Gasteiger partial charge is 0.0998 e. The van der Waals surface area contributed by atoms with Gasteiger partial charge in [0.2, 0.25) is 0 Å². The molecule has 36 heavy (non-hydrogen) atoms. The molecule has 9 rings (SSSR count). The second kappa shape index (κ2) is 7.44. The first-order chi connectivity index (χ1) is 17.8. The van der Waals surface area contributed by atoms with Crippen LogP contribution in [0.4, 0.5) is 0 Å². The van der Waals surface area contributed by atoms with Crippen molar-refractivity contribution in [2.24, 2.45) is 23.7 Å². The highest BCUT2D eigenvalue weighted by Gasteiger charge is 2.61. The summed E-state index contributed by atoms with van der Waals surface area (Å²) in [6, 6.07) is 35.6. The summed E-state index contributed by atoms with van der Waals surface area (Å²) in [5.74, 6) is 3.50. The molecule has 4 bridgehead atoms. The van der Waals surface area contributed by atoms with Gasteiger partial charge in [-0.3, -0.25) is 0 Å². The SMILES string of the molecule is N#Cc1ccccc1-c1ccc(-c2ccc3c(c2)C2(c4ccccc4-3)C3CC4CC(C3)CC2C4)cc1. The molecule has 4 saturated carbocycles. The standard InChI is InChI=1S/C35H29N/c36-21-27-5-1-2-6-30(27)25-11-9-24(10-12-25)26-13-14-32-31-7-3-4-8-33(31)35(34(32)20-26)28-16-22-15-23(18-28)19-29(35)17-22/h1-14,20,22-23,28-29H,15-19H2. The summed E-state index contributed by atoms with van der Waals surface area (Å²) in [6.45, 7) is 0. The lowest BCUT2D eigenvalue weighted by molar-refractivity contribution is -0.0399. The topological polar surface area (TPSA) is 23.8 Å². The van der Waals surface area contributed by atoms with Crippen LogP contribution in [0, 0.1) is 35.0 Å². The summed E-state index contributed by atoms with van der Waals surface area (Å²) in [5, 5.41) is 9.53. The summed E-state index contributed by atoms with van der Waals surface area (Å²) in [5.41, 5.74) is 11.8. The fourth-order valence-corrected chi connectivity index (χ4v) is 9.01. The molecular weight excluding hydrogens is 434 g/mol. The van der Waals surface area contributed by atoms with Crippen molar-refractivity contribution in [2.75, 3.05) is 0 Å². The van der Waals surface area contributed by atoms with Gasteiger partial charge in [-0.25, -0.2) is 0 Å². The average molecular weight is 464 g/mol. The Labute approximate surface area is 213 Å². The van der Waals surface area contributed by atoms with Crippen LogP contribution in [0.5, 0.6) is 0 Å². The van der Waals surface area contributed by atoms with Crippen molar-refractivity contribution in [3.05, 3.63) is 108 Å². The van der Waals surface area contributed by atoms with E-state index in [1.165, 1.54) is 54.4 Å². The molecule has 0 heterocycles. The molecule has 0 saturated heterocycles. The first kappa shape index (κ1) is 20.6. The van der Waals surface area contributed by atoms with Crippen LogP contribution in [0.3, 0.4) is 0 Å². The van der Waals surface area contributed by atoms with E-state index in [2.05, 4.69) is 72.8 Å². The summed E-state index contributed by atoms with van der Waals surface area (Å²) < 4.78 is 0. The van der Waals surface area contributed by atoms with Gasteiger partial charge in [0.15, 0.2) is 0 Å². The van der Waals surface area contributed by atoms with Crippen molar-refractivity contribution in [1.82, 2.24) is 0 Å². The number of benzene rings is 4. The Morgan fingerprint density at radius 1 is 0.556 bits per heavy atom. The molecule has 1 nitrogen and oxygen atoms in total. The summed E-state index contributed by atoms with van der Waals surface area (Å²) in [7, 11) is 0. The molecule has 4 aromatic rings. The quantitative estimate of drug-likeness (QED) is 0.292. The van der Waals surface area contributed by atoms with Crippen LogP contribution in [0.1, 0.15) is 48.8 Å². The Hall–Kier alpha value is -3.63. The Kier molecular flexibility index (Phi) is 4.25. The Morgan fingerprint density at radius 2 is 1.14 bits per heavy atom. The average Bonchev–Trinajstić information content (AvgIpc) is 3.22. The molecule has 0 radical (unpaired) electrons. The lowest BCUT2D eigenvalue weighted by Gasteiger charge is -2.61. The minimum atomic E-state index is 0.209. The van der Waals surface area contributed by atoms with Crippen LogP contribution in [0.25, 0.3) is 33.4 Å². The largest absolute Gasteiger partial charge is 0.192 e. The Bertz CT molecular complexity index is 1520. The van der Waals surface area contributed by atoms with Gasteiger partial charge in [0, 0.05) is 5.41 Å². The zero-order valence-corrected chi connectivity index (χ0v) is 20.5. The van der Waals surface area contributed by atoms with E-state index in [-0.39, 0.29) is 5.41 Å². The molecule has 1 heteroatoms. The maximum Gasteiger partial charge on any atom is 0.0998 e. The Morgan fingerprint density at radius 3 is 1.86 bits per heavy atom. The highest BCUT2D eigenvalue weighted by atomic mass is 14.6. The van der Waals surface area contributed by atoms with E-state index >= 15 is 0 Å². The van der Waals surface area contributed by atoms with Crippen LogP contribution in [0.15, 0.2) is 91.0 Å². The van der Waals surface area contributed by atoms with Crippen LogP contribution in [0.2, 0.25) is 0 Å². The highest BCUT2D eigenvalue weighted by Crippen LogP contribution is 2.69. The third kappa shape index (κ3) is 2.65. The van der Waals surface area contributed by atoms with Gasteiger partial charge in [0.25, 0.3) is 0 Å². The molecule has 0 aliphatic heterocycles. The lowest BCUT2D eigenvalue weighted by Crippen LogP contribution is -2.55. The third-order valence-electron chi connectivity index (χ3n) is 10.1. The highest BCUT2D eigenvalue weighted by molar-refractivity contribution is 5.85. The predicted octanol–water partition coefficient (Wildman–Crippen LogP) is 8.61. The first-order valence-electron chi connectivity index (χ1n) is 13.6. The van der Waals surface area contributed by atoms with Gasteiger partial charge in [0.1, 0.15) is 0 Å². The van der Waals surface area contributed by atoms with Gasteiger partial charge >= 0.3 is 0 Å². The molecule has 0 aromatic heterocycles. The fourth-order valence-electron chi connectivity index (χ4n) is 9.01. The maximum absolute atomic E-state index is 9.53. The van der Waals surface area contributed by atoms with Gasteiger partial charge in [-0.2, -0.15) is 5.26 Å². The molecule has 5 aliphatic rings. The zero-order chi connectivity index (χ0) is 23.9. The van der Waals surface area contributed by atoms with Crippen LogP contribution < -0.4 is 0 Å².